The largest absolute Gasteiger partial charge is 0.376 e. The number of benzene rings is 1. The molecule has 6 heteroatoms. The fourth-order valence-electron chi connectivity index (χ4n) is 1.83. The second kappa shape index (κ2) is 6.98. The molecule has 1 amide bonds. The molecule has 1 aliphatic rings. The number of amides is 1. The predicted octanol–water partition coefficient (Wildman–Crippen LogP) is 2.72. The van der Waals surface area contributed by atoms with E-state index in [2.05, 4.69) is 21.2 Å². The van der Waals surface area contributed by atoms with E-state index in [9.17, 15) is 9.18 Å². The number of rotatable bonds is 5. The Morgan fingerprint density at radius 3 is 3.11 bits per heavy atom. The molecule has 0 bridgehead atoms. The number of hydrogen-bond acceptors (Lipinski definition) is 3. The Bertz CT molecular complexity index is 450. The fourth-order valence-corrected chi connectivity index (χ4v) is 2.21. The summed E-state index contributed by atoms with van der Waals surface area (Å²) in [4.78, 5) is 11.6. The molecule has 19 heavy (non-hydrogen) atoms. The standard InChI is InChI=1S/C13H15BrFNO3/c14-11-6-9(3-4-12(11)15)16-13(17)8-18-7-10-2-1-5-19-10/h3-4,6,10H,1-2,5,7-8H2,(H,16,17)/t10-/m1/s1. The first-order chi connectivity index (χ1) is 9.15. The highest BCUT2D eigenvalue weighted by atomic mass is 79.9. The summed E-state index contributed by atoms with van der Waals surface area (Å²) in [5, 5.41) is 2.63. The number of carbonyl (C=O) groups is 1. The highest BCUT2D eigenvalue weighted by Crippen LogP contribution is 2.19. The van der Waals surface area contributed by atoms with Crippen molar-refractivity contribution in [2.75, 3.05) is 25.1 Å². The van der Waals surface area contributed by atoms with Gasteiger partial charge in [-0.1, -0.05) is 0 Å². The van der Waals surface area contributed by atoms with Crippen LogP contribution in [0.4, 0.5) is 10.1 Å². The fraction of sp³-hybridized carbons (Fsp3) is 0.462. The molecule has 1 atom stereocenters. The molecule has 1 fully saturated rings. The van der Waals surface area contributed by atoms with E-state index in [0.29, 0.717) is 16.8 Å². The van der Waals surface area contributed by atoms with Gasteiger partial charge < -0.3 is 14.8 Å². The van der Waals surface area contributed by atoms with E-state index >= 15 is 0 Å². The highest BCUT2D eigenvalue weighted by Gasteiger charge is 2.16. The molecule has 0 radical (unpaired) electrons. The zero-order chi connectivity index (χ0) is 13.7. The number of anilines is 1. The minimum atomic E-state index is -0.368. The lowest BCUT2D eigenvalue weighted by Crippen LogP contribution is -2.22. The molecule has 1 N–H and O–H groups in total. The van der Waals surface area contributed by atoms with Crippen LogP contribution in [0.3, 0.4) is 0 Å². The van der Waals surface area contributed by atoms with Crippen molar-refractivity contribution in [2.45, 2.75) is 18.9 Å². The Balaban J connectivity index is 1.72. The smallest absolute Gasteiger partial charge is 0.250 e. The first-order valence-electron chi connectivity index (χ1n) is 6.09. The number of halogens is 2. The second-order valence-corrected chi connectivity index (χ2v) is 5.18. The van der Waals surface area contributed by atoms with Gasteiger partial charge in [-0.2, -0.15) is 0 Å². The van der Waals surface area contributed by atoms with E-state index in [1.54, 1.807) is 0 Å². The third-order valence-electron chi connectivity index (χ3n) is 2.76. The first kappa shape index (κ1) is 14.4. The minimum absolute atomic E-state index is 0.0329. The van der Waals surface area contributed by atoms with Crippen LogP contribution in [0.15, 0.2) is 22.7 Å². The lowest BCUT2D eigenvalue weighted by molar-refractivity contribution is -0.121. The second-order valence-electron chi connectivity index (χ2n) is 4.33. The van der Waals surface area contributed by atoms with Gasteiger partial charge in [0.15, 0.2) is 0 Å². The molecule has 2 rings (SSSR count). The number of nitrogens with one attached hydrogen (secondary N) is 1. The lowest BCUT2D eigenvalue weighted by Gasteiger charge is -2.10. The van der Waals surface area contributed by atoms with Gasteiger partial charge in [0.05, 0.1) is 17.2 Å². The van der Waals surface area contributed by atoms with Crippen molar-refractivity contribution < 1.29 is 18.7 Å². The van der Waals surface area contributed by atoms with Crippen LogP contribution in [0.5, 0.6) is 0 Å². The van der Waals surface area contributed by atoms with Crippen LogP contribution < -0.4 is 5.32 Å². The van der Waals surface area contributed by atoms with E-state index < -0.39 is 0 Å². The molecule has 0 unspecified atom stereocenters. The normalized spacial score (nSPS) is 18.5. The molecule has 1 aromatic carbocycles. The summed E-state index contributed by atoms with van der Waals surface area (Å²) < 4.78 is 24.0. The zero-order valence-electron chi connectivity index (χ0n) is 10.3. The molecule has 0 aromatic heterocycles. The van der Waals surface area contributed by atoms with Gasteiger partial charge in [-0.3, -0.25) is 4.79 Å². The summed E-state index contributed by atoms with van der Waals surface area (Å²) >= 11 is 3.06. The van der Waals surface area contributed by atoms with Crippen molar-refractivity contribution in [1.82, 2.24) is 0 Å². The molecular formula is C13H15BrFNO3. The predicted molar refractivity (Wildman–Crippen MR) is 72.5 cm³/mol. The number of ether oxygens (including phenoxy) is 2. The summed E-state index contributed by atoms with van der Waals surface area (Å²) in [6, 6.07) is 4.29. The lowest BCUT2D eigenvalue weighted by atomic mass is 10.2. The summed E-state index contributed by atoms with van der Waals surface area (Å²) in [5.41, 5.74) is 0.527. The van der Waals surface area contributed by atoms with E-state index in [0.717, 1.165) is 19.4 Å². The van der Waals surface area contributed by atoms with E-state index in [-0.39, 0.29) is 24.4 Å². The Labute approximate surface area is 119 Å². The molecular weight excluding hydrogens is 317 g/mol. The van der Waals surface area contributed by atoms with E-state index in [1.165, 1.54) is 18.2 Å². The molecule has 1 aromatic rings. The third kappa shape index (κ3) is 4.56. The molecule has 104 valence electrons. The molecule has 0 spiro atoms. The monoisotopic (exact) mass is 331 g/mol. The SMILES string of the molecule is O=C(COC[C@H]1CCCO1)Nc1ccc(F)c(Br)c1. The number of hydrogen-bond donors (Lipinski definition) is 1. The zero-order valence-corrected chi connectivity index (χ0v) is 11.9. The van der Waals surface area contributed by atoms with Crippen LogP contribution in [-0.4, -0.2) is 31.8 Å². The number of carbonyl (C=O) groups excluding carboxylic acids is 1. The van der Waals surface area contributed by atoms with Crippen molar-refractivity contribution >= 4 is 27.5 Å². The maximum Gasteiger partial charge on any atom is 0.250 e. The van der Waals surface area contributed by atoms with Crippen molar-refractivity contribution in [3.8, 4) is 0 Å². The van der Waals surface area contributed by atoms with Crippen molar-refractivity contribution in [1.29, 1.82) is 0 Å². The topological polar surface area (TPSA) is 47.6 Å². The quantitative estimate of drug-likeness (QED) is 0.902. The van der Waals surface area contributed by atoms with E-state index in [4.69, 9.17) is 9.47 Å². The Morgan fingerprint density at radius 1 is 1.58 bits per heavy atom. The third-order valence-corrected chi connectivity index (χ3v) is 3.37. The van der Waals surface area contributed by atoms with Crippen LogP contribution >= 0.6 is 15.9 Å². The Morgan fingerprint density at radius 2 is 2.42 bits per heavy atom. The molecule has 1 aliphatic heterocycles. The van der Waals surface area contributed by atoms with Gasteiger partial charge >= 0.3 is 0 Å². The van der Waals surface area contributed by atoms with Crippen LogP contribution in [0.25, 0.3) is 0 Å². The molecule has 0 saturated carbocycles. The summed E-state index contributed by atoms with van der Waals surface area (Å²) in [6.45, 7) is 1.17. The summed E-state index contributed by atoms with van der Waals surface area (Å²) in [7, 11) is 0. The van der Waals surface area contributed by atoms with Crippen molar-refractivity contribution in [2.24, 2.45) is 0 Å². The van der Waals surface area contributed by atoms with Gasteiger partial charge in [-0.05, 0) is 47.0 Å². The average Bonchev–Trinajstić information content (AvgIpc) is 2.87. The van der Waals surface area contributed by atoms with Gasteiger partial charge in [0.25, 0.3) is 0 Å². The summed E-state index contributed by atoms with van der Waals surface area (Å²) in [5.74, 6) is -0.635. The van der Waals surface area contributed by atoms with Crippen LogP contribution in [0.2, 0.25) is 0 Å². The van der Waals surface area contributed by atoms with Crippen molar-refractivity contribution in [3.05, 3.63) is 28.5 Å². The van der Waals surface area contributed by atoms with Crippen LogP contribution in [-0.2, 0) is 14.3 Å². The highest BCUT2D eigenvalue weighted by molar-refractivity contribution is 9.10. The Kier molecular flexibility index (Phi) is 5.30. The van der Waals surface area contributed by atoms with Gasteiger partial charge in [0.2, 0.25) is 5.91 Å². The molecule has 1 saturated heterocycles. The molecule has 4 nitrogen and oxygen atoms in total. The molecule has 1 heterocycles. The van der Waals surface area contributed by atoms with Gasteiger partial charge in [0.1, 0.15) is 12.4 Å². The average molecular weight is 332 g/mol. The van der Waals surface area contributed by atoms with Crippen LogP contribution in [0.1, 0.15) is 12.8 Å². The molecule has 0 aliphatic carbocycles. The van der Waals surface area contributed by atoms with Gasteiger partial charge in [0, 0.05) is 12.3 Å². The van der Waals surface area contributed by atoms with E-state index in [1.807, 2.05) is 0 Å². The van der Waals surface area contributed by atoms with Crippen LogP contribution in [0, 0.1) is 5.82 Å². The van der Waals surface area contributed by atoms with Gasteiger partial charge in [-0.15, -0.1) is 0 Å². The maximum atomic E-state index is 13.0. The first-order valence-corrected chi connectivity index (χ1v) is 6.88. The maximum absolute atomic E-state index is 13.0. The van der Waals surface area contributed by atoms with Gasteiger partial charge in [-0.25, -0.2) is 4.39 Å². The van der Waals surface area contributed by atoms with Crippen molar-refractivity contribution in [3.63, 3.8) is 0 Å². The minimum Gasteiger partial charge on any atom is -0.376 e. The Hall–Kier alpha value is -0.980. The summed E-state index contributed by atoms with van der Waals surface area (Å²) in [6.07, 6.45) is 2.13.